The molecule has 4 aromatic rings. The number of alkyl halides is 1. The van der Waals surface area contributed by atoms with Crippen LogP contribution in [0.2, 0.25) is 5.02 Å². The number of carbonyl (C=O) groups excluding carboxylic acids is 1. The molecule has 2 atom stereocenters. The Morgan fingerprint density at radius 2 is 2.08 bits per heavy atom. The van der Waals surface area contributed by atoms with E-state index in [4.69, 9.17) is 31.8 Å². The summed E-state index contributed by atoms with van der Waals surface area (Å²) in [6.07, 6.45) is 4.43. The maximum Gasteiger partial charge on any atom is 0.319 e. The molecule has 2 aromatic carbocycles. The standard InChI is InChI=1S/C37H38ClF3N8O3S/c1-46(2)9-3-5-27(50)48-18-37(19-48)17-47(11-12-52-37)34-23-13-25(38)29(22-6-7-26(40)32-28(22)24(15-42)33(43)53-32)30(41)31(23)44-35(45-34)51-20-36-8-4-10-49(36)16-21(39)14-36/h3,5-7,13,21H,4,8-12,14,16-20,43H2,1-2H3/b5-3+/t21-,36+/m1/s1. The van der Waals surface area contributed by atoms with Gasteiger partial charge in [0.1, 0.15) is 46.6 Å². The van der Waals surface area contributed by atoms with E-state index < -0.39 is 28.9 Å². The number of thiophene rings is 1. The number of aromatic nitrogens is 2. The van der Waals surface area contributed by atoms with Gasteiger partial charge in [-0.1, -0.05) is 23.7 Å². The highest BCUT2D eigenvalue weighted by atomic mass is 35.5. The molecule has 2 aromatic heterocycles. The number of nitrogen functional groups attached to an aromatic ring is 1. The second kappa shape index (κ2) is 13.6. The maximum atomic E-state index is 17.2. The summed E-state index contributed by atoms with van der Waals surface area (Å²) in [6, 6.07) is 6.09. The normalized spacial score (nSPS) is 22.7. The van der Waals surface area contributed by atoms with E-state index in [1.54, 1.807) is 17.0 Å². The quantitative estimate of drug-likeness (QED) is 0.234. The molecule has 4 fully saturated rings. The zero-order chi connectivity index (χ0) is 37.2. The van der Waals surface area contributed by atoms with E-state index in [0.717, 1.165) is 30.7 Å². The number of anilines is 2. The molecule has 1 spiro atoms. The molecule has 1 amide bonds. The lowest BCUT2D eigenvalue weighted by atomic mass is 9.91. The highest BCUT2D eigenvalue weighted by Crippen LogP contribution is 2.46. The first-order chi connectivity index (χ1) is 25.4. The van der Waals surface area contributed by atoms with Crippen LogP contribution in [0.25, 0.3) is 32.1 Å². The van der Waals surface area contributed by atoms with E-state index in [0.29, 0.717) is 63.5 Å². The Kier molecular flexibility index (Phi) is 9.18. The Balaban J connectivity index is 1.19. The Morgan fingerprint density at radius 3 is 2.85 bits per heavy atom. The molecule has 2 N–H and O–H groups in total. The average Bonchev–Trinajstić information content (AvgIpc) is 3.76. The van der Waals surface area contributed by atoms with E-state index >= 15 is 4.39 Å². The summed E-state index contributed by atoms with van der Waals surface area (Å²) in [7, 11) is 3.85. The van der Waals surface area contributed by atoms with Crippen molar-refractivity contribution in [2.45, 2.75) is 36.6 Å². The number of nitrogens with zero attached hydrogens (tertiary/aromatic N) is 7. The molecule has 4 saturated heterocycles. The lowest BCUT2D eigenvalue weighted by Crippen LogP contribution is -2.71. The minimum absolute atomic E-state index is 0.00316. The number of hydrogen-bond donors (Lipinski definition) is 1. The molecule has 0 saturated carbocycles. The second-order valence-corrected chi connectivity index (χ2v) is 16.2. The summed E-state index contributed by atoms with van der Waals surface area (Å²) in [5.74, 6) is -1.13. The number of carbonyl (C=O) groups is 1. The molecule has 0 unspecified atom stereocenters. The number of likely N-dealkylation sites (tertiary alicyclic amines) is 1. The van der Waals surface area contributed by atoms with Crippen LogP contribution in [-0.2, 0) is 9.53 Å². The van der Waals surface area contributed by atoms with Crippen LogP contribution < -0.4 is 15.4 Å². The molecule has 0 radical (unpaired) electrons. The third-order valence-electron chi connectivity index (χ3n) is 10.8. The molecule has 6 heterocycles. The highest BCUT2D eigenvalue weighted by Gasteiger charge is 2.50. The number of morpholine rings is 1. The smallest absolute Gasteiger partial charge is 0.319 e. The van der Waals surface area contributed by atoms with Gasteiger partial charge < -0.3 is 29.9 Å². The molecule has 278 valence electrons. The molecule has 16 heteroatoms. The van der Waals surface area contributed by atoms with E-state index in [9.17, 15) is 18.8 Å². The molecule has 4 aliphatic rings. The van der Waals surface area contributed by atoms with Gasteiger partial charge in [-0.05, 0) is 51.2 Å². The zero-order valence-corrected chi connectivity index (χ0v) is 30.9. The van der Waals surface area contributed by atoms with Crippen molar-refractivity contribution in [2.24, 2.45) is 0 Å². The van der Waals surface area contributed by atoms with Gasteiger partial charge in [-0.3, -0.25) is 9.69 Å². The second-order valence-electron chi connectivity index (χ2n) is 14.7. The van der Waals surface area contributed by atoms with E-state index in [2.05, 4.69) is 9.88 Å². The Hall–Kier alpha value is -4.20. The van der Waals surface area contributed by atoms with Gasteiger partial charge in [0, 0.05) is 48.5 Å². The Morgan fingerprint density at radius 1 is 1.26 bits per heavy atom. The van der Waals surface area contributed by atoms with Crippen molar-refractivity contribution in [3.63, 3.8) is 0 Å². The average molecular weight is 767 g/mol. The fourth-order valence-corrected chi connectivity index (χ4v) is 9.60. The van der Waals surface area contributed by atoms with Crippen molar-refractivity contribution >= 4 is 60.7 Å². The molecular weight excluding hydrogens is 729 g/mol. The number of amides is 1. The molecule has 53 heavy (non-hydrogen) atoms. The first kappa shape index (κ1) is 35.8. The first-order valence-electron chi connectivity index (χ1n) is 17.5. The third-order valence-corrected chi connectivity index (χ3v) is 12.1. The number of rotatable bonds is 8. The number of benzene rings is 2. The molecule has 0 bridgehead atoms. The lowest BCUT2D eigenvalue weighted by molar-refractivity contribution is -0.167. The van der Waals surface area contributed by atoms with Crippen LogP contribution >= 0.6 is 22.9 Å². The van der Waals surface area contributed by atoms with Crippen molar-refractivity contribution in [2.75, 3.05) is 83.8 Å². The first-order valence-corrected chi connectivity index (χ1v) is 18.7. The minimum atomic E-state index is -0.965. The molecule has 4 aliphatic heterocycles. The predicted octanol–water partition coefficient (Wildman–Crippen LogP) is 5.39. The van der Waals surface area contributed by atoms with Crippen LogP contribution in [0.4, 0.5) is 24.0 Å². The van der Waals surface area contributed by atoms with E-state index in [1.165, 1.54) is 12.1 Å². The van der Waals surface area contributed by atoms with Gasteiger partial charge in [0.2, 0.25) is 5.91 Å². The van der Waals surface area contributed by atoms with E-state index in [1.807, 2.05) is 36.0 Å². The van der Waals surface area contributed by atoms with Crippen LogP contribution in [0, 0.1) is 23.0 Å². The zero-order valence-electron chi connectivity index (χ0n) is 29.3. The molecule has 0 aliphatic carbocycles. The van der Waals surface area contributed by atoms with Crippen LogP contribution in [0.3, 0.4) is 0 Å². The fourth-order valence-electron chi connectivity index (χ4n) is 8.36. The predicted molar refractivity (Wildman–Crippen MR) is 198 cm³/mol. The van der Waals surface area contributed by atoms with Gasteiger partial charge in [-0.25, -0.2) is 13.2 Å². The monoisotopic (exact) mass is 766 g/mol. The minimum Gasteiger partial charge on any atom is -0.461 e. The highest BCUT2D eigenvalue weighted by molar-refractivity contribution is 7.23. The molecule has 8 rings (SSSR count). The van der Waals surface area contributed by atoms with Crippen LogP contribution in [0.15, 0.2) is 30.4 Å². The number of hydrogen-bond acceptors (Lipinski definition) is 11. The summed E-state index contributed by atoms with van der Waals surface area (Å²) in [5.41, 5.74) is 5.00. The van der Waals surface area contributed by atoms with Crippen molar-refractivity contribution in [1.82, 2.24) is 24.7 Å². The van der Waals surface area contributed by atoms with Crippen molar-refractivity contribution in [3.05, 3.63) is 52.6 Å². The van der Waals surface area contributed by atoms with E-state index in [-0.39, 0.29) is 60.8 Å². The van der Waals surface area contributed by atoms with Gasteiger partial charge in [0.25, 0.3) is 0 Å². The third kappa shape index (κ3) is 6.24. The SMILES string of the molecule is CN(C)C/C=C/C(=O)N1CC2(C1)CN(c1nc(OC[C@@]34CCCN3C[C@H](F)C4)nc3c(F)c(-c4ccc(F)c5sc(N)c(C#N)c45)c(Cl)cc13)CCO2. The summed E-state index contributed by atoms with van der Waals surface area (Å²) in [5, 5.41) is 10.5. The number of fused-ring (bicyclic) bond motifs is 3. The van der Waals surface area contributed by atoms with Gasteiger partial charge in [0.05, 0.1) is 47.1 Å². The summed E-state index contributed by atoms with van der Waals surface area (Å²) in [4.78, 5) is 30.0. The van der Waals surface area contributed by atoms with Crippen LogP contribution in [-0.4, -0.2) is 121 Å². The number of nitriles is 1. The molecular formula is C37H38ClF3N8O3S. The number of halogens is 4. The maximum absolute atomic E-state index is 17.2. The van der Waals surface area contributed by atoms with Gasteiger partial charge in [-0.15, -0.1) is 11.3 Å². The Bertz CT molecular complexity index is 2210. The number of likely N-dealkylation sites (N-methyl/N-ethyl adjacent to an activating group) is 1. The van der Waals surface area contributed by atoms with Crippen molar-refractivity contribution in [3.8, 4) is 23.2 Å². The van der Waals surface area contributed by atoms with Crippen molar-refractivity contribution < 1.29 is 27.4 Å². The van der Waals surface area contributed by atoms with Gasteiger partial charge >= 0.3 is 6.01 Å². The largest absolute Gasteiger partial charge is 0.461 e. The Labute approximate surface area is 313 Å². The molecule has 11 nitrogen and oxygen atoms in total. The summed E-state index contributed by atoms with van der Waals surface area (Å²) < 4.78 is 59.4. The van der Waals surface area contributed by atoms with Crippen LogP contribution in [0.5, 0.6) is 6.01 Å². The van der Waals surface area contributed by atoms with Gasteiger partial charge in [-0.2, -0.15) is 15.2 Å². The number of ether oxygens (including phenoxy) is 2. The topological polar surface area (TPSA) is 124 Å². The van der Waals surface area contributed by atoms with Crippen LogP contribution in [0.1, 0.15) is 24.8 Å². The van der Waals surface area contributed by atoms with Gasteiger partial charge in [0.15, 0.2) is 5.82 Å². The number of nitrogens with two attached hydrogens (primary N) is 1. The summed E-state index contributed by atoms with van der Waals surface area (Å²) in [6.45, 7) is 3.71. The fraction of sp³-hybridized carbons (Fsp3) is 0.459. The summed E-state index contributed by atoms with van der Waals surface area (Å²) >= 11 is 7.80. The van der Waals surface area contributed by atoms with Crippen molar-refractivity contribution in [1.29, 1.82) is 5.26 Å². The lowest BCUT2D eigenvalue weighted by Gasteiger charge is -2.53.